The molecule has 1 aliphatic carbocycles. The van der Waals surface area contributed by atoms with Gasteiger partial charge in [0.15, 0.2) is 0 Å². The third-order valence-corrected chi connectivity index (χ3v) is 8.74. The first-order chi connectivity index (χ1) is 20.1. The van der Waals surface area contributed by atoms with Crippen LogP contribution in [0.3, 0.4) is 0 Å². The molecule has 0 atom stereocenters. The normalized spacial score (nSPS) is 13.3. The minimum atomic E-state index is -0.170. The molecule has 7 aromatic rings. The molecule has 0 amide bonds. The van der Waals surface area contributed by atoms with E-state index in [1.807, 2.05) is 12.4 Å². The van der Waals surface area contributed by atoms with Crippen molar-refractivity contribution in [3.8, 4) is 44.6 Å². The van der Waals surface area contributed by atoms with Crippen molar-refractivity contribution in [3.05, 3.63) is 145 Å². The lowest BCUT2D eigenvalue weighted by atomic mass is 9.78. The molecule has 0 aliphatic heterocycles. The lowest BCUT2D eigenvalue weighted by Gasteiger charge is -2.25. The summed E-state index contributed by atoms with van der Waals surface area (Å²) in [5, 5.41) is 3.72. The molecule has 194 valence electrons. The van der Waals surface area contributed by atoms with Gasteiger partial charge in [-0.15, -0.1) is 0 Å². The summed E-state index contributed by atoms with van der Waals surface area (Å²) in [6.45, 7) is 4.69. The van der Waals surface area contributed by atoms with Crippen LogP contribution in [-0.2, 0) is 5.41 Å². The summed E-state index contributed by atoms with van der Waals surface area (Å²) >= 11 is 0. The van der Waals surface area contributed by atoms with Crippen LogP contribution in [-0.4, -0.2) is 9.97 Å². The molecule has 2 heterocycles. The van der Waals surface area contributed by atoms with Crippen LogP contribution in [0, 0.1) is 0 Å². The number of aromatic nitrogens is 2. The van der Waals surface area contributed by atoms with Crippen LogP contribution in [0.4, 0.5) is 0 Å². The Morgan fingerprint density at radius 2 is 1.24 bits per heavy atom. The molecule has 0 N–H and O–H groups in total. The predicted molar refractivity (Wildman–Crippen MR) is 171 cm³/mol. The summed E-state index contributed by atoms with van der Waals surface area (Å²) < 4.78 is 0. The van der Waals surface area contributed by atoms with Gasteiger partial charge in [-0.1, -0.05) is 111 Å². The predicted octanol–water partition coefficient (Wildman–Crippen LogP) is 10.1. The summed E-state index contributed by atoms with van der Waals surface area (Å²) in [5.74, 6) is 0. The number of pyridine rings is 2. The van der Waals surface area contributed by atoms with Gasteiger partial charge in [0.2, 0.25) is 0 Å². The fraction of sp³-hybridized carbons (Fsp3) is 0.0769. The molecule has 5 aromatic carbocycles. The number of benzene rings is 5. The van der Waals surface area contributed by atoms with Crippen molar-refractivity contribution < 1.29 is 0 Å². The van der Waals surface area contributed by atoms with Crippen LogP contribution in [0.5, 0.6) is 0 Å². The monoisotopic (exact) mass is 524 g/mol. The average molecular weight is 525 g/mol. The smallest absolute Gasteiger partial charge is 0.0759 e. The van der Waals surface area contributed by atoms with Crippen molar-refractivity contribution in [2.45, 2.75) is 19.3 Å². The number of hydrogen-bond donors (Lipinski definition) is 0. The highest BCUT2D eigenvalue weighted by Gasteiger charge is 2.39. The van der Waals surface area contributed by atoms with Crippen molar-refractivity contribution in [2.24, 2.45) is 0 Å². The Hall–Kier alpha value is -5.08. The molecule has 41 heavy (non-hydrogen) atoms. The van der Waals surface area contributed by atoms with Crippen LogP contribution in [0.2, 0.25) is 0 Å². The van der Waals surface area contributed by atoms with Gasteiger partial charge in [0.05, 0.1) is 11.2 Å². The molecule has 2 heteroatoms. The van der Waals surface area contributed by atoms with Gasteiger partial charge in [0.1, 0.15) is 0 Å². The Labute approximate surface area is 240 Å². The highest BCUT2D eigenvalue weighted by atomic mass is 14.7. The van der Waals surface area contributed by atoms with Crippen LogP contribution >= 0.6 is 0 Å². The van der Waals surface area contributed by atoms with Gasteiger partial charge in [0, 0.05) is 28.8 Å². The Balaban J connectivity index is 1.36. The van der Waals surface area contributed by atoms with Crippen molar-refractivity contribution in [1.82, 2.24) is 9.97 Å². The lowest BCUT2D eigenvalue weighted by molar-refractivity contribution is 0.662. The summed E-state index contributed by atoms with van der Waals surface area (Å²) in [6.07, 6.45) is 3.69. The largest absolute Gasteiger partial charge is 0.265 e. The maximum Gasteiger partial charge on any atom is 0.0759 e. The highest BCUT2D eigenvalue weighted by Crippen LogP contribution is 2.53. The van der Waals surface area contributed by atoms with E-state index in [-0.39, 0.29) is 5.41 Å². The molecule has 2 aromatic heterocycles. The summed E-state index contributed by atoms with van der Waals surface area (Å²) in [4.78, 5) is 9.50. The zero-order valence-electron chi connectivity index (χ0n) is 23.1. The number of hydrogen-bond acceptors (Lipinski definition) is 2. The van der Waals surface area contributed by atoms with Crippen molar-refractivity contribution in [3.63, 3.8) is 0 Å². The molecular weight excluding hydrogens is 496 g/mol. The second-order valence-corrected chi connectivity index (χ2v) is 11.5. The van der Waals surface area contributed by atoms with Crippen LogP contribution in [0.25, 0.3) is 66.3 Å². The molecule has 2 nitrogen and oxygen atoms in total. The van der Waals surface area contributed by atoms with Crippen LogP contribution < -0.4 is 0 Å². The molecule has 0 unspecified atom stereocenters. The van der Waals surface area contributed by atoms with Gasteiger partial charge in [-0.3, -0.25) is 4.98 Å². The van der Waals surface area contributed by atoms with E-state index < -0.39 is 0 Å². The van der Waals surface area contributed by atoms with Crippen LogP contribution in [0.15, 0.2) is 134 Å². The molecule has 0 bridgehead atoms. The van der Waals surface area contributed by atoms with E-state index in [0.29, 0.717) is 0 Å². The van der Waals surface area contributed by atoms with Gasteiger partial charge >= 0.3 is 0 Å². The number of nitrogens with zero attached hydrogens (tertiary/aromatic N) is 2. The summed E-state index contributed by atoms with van der Waals surface area (Å²) in [5.41, 5.74) is 13.2. The first kappa shape index (κ1) is 23.8. The van der Waals surface area contributed by atoms with Gasteiger partial charge in [-0.25, -0.2) is 4.98 Å². The van der Waals surface area contributed by atoms with Gasteiger partial charge in [-0.2, -0.15) is 0 Å². The van der Waals surface area contributed by atoms with E-state index in [2.05, 4.69) is 140 Å². The molecule has 0 saturated carbocycles. The highest BCUT2D eigenvalue weighted by molar-refractivity contribution is 6.15. The maximum atomic E-state index is 5.33. The topological polar surface area (TPSA) is 25.8 Å². The van der Waals surface area contributed by atoms with Crippen molar-refractivity contribution in [1.29, 1.82) is 0 Å². The fourth-order valence-corrected chi connectivity index (χ4v) is 6.75. The zero-order valence-corrected chi connectivity index (χ0v) is 23.1. The van der Waals surface area contributed by atoms with E-state index >= 15 is 0 Å². The first-order valence-corrected chi connectivity index (χ1v) is 14.2. The molecular formula is C39H28N2. The van der Waals surface area contributed by atoms with Gasteiger partial charge < -0.3 is 0 Å². The fourth-order valence-electron chi connectivity index (χ4n) is 6.75. The van der Waals surface area contributed by atoms with E-state index in [4.69, 9.17) is 4.98 Å². The summed E-state index contributed by atoms with van der Waals surface area (Å²) in [6, 6.07) is 43.8. The van der Waals surface area contributed by atoms with Gasteiger partial charge in [0.25, 0.3) is 0 Å². The maximum absolute atomic E-state index is 5.33. The quantitative estimate of drug-likeness (QED) is 0.215. The second kappa shape index (κ2) is 8.97. The molecule has 0 radical (unpaired) electrons. The van der Waals surface area contributed by atoms with E-state index in [9.17, 15) is 0 Å². The molecule has 0 fully saturated rings. The average Bonchev–Trinajstić information content (AvgIpc) is 3.26. The van der Waals surface area contributed by atoms with Crippen molar-refractivity contribution in [2.75, 3.05) is 0 Å². The Bertz CT molecular complexity index is 2110. The standard InChI is InChI=1S/C39H28N2/c1-39(2)33-13-6-5-12-32(33)38-37(39)35(36-31-11-4-3-8-27(31)18-19-34(36)41-38)28-16-14-25(15-17-28)29-9-7-10-30(24-29)26-20-22-40-23-21-26/h3-24H,1-2H3. The lowest BCUT2D eigenvalue weighted by Crippen LogP contribution is -2.16. The Morgan fingerprint density at radius 1 is 0.561 bits per heavy atom. The van der Waals surface area contributed by atoms with E-state index in [1.54, 1.807) is 0 Å². The number of fused-ring (bicyclic) bond motifs is 6. The third kappa shape index (κ3) is 3.64. The minimum absolute atomic E-state index is 0.170. The Kier molecular flexibility index (Phi) is 5.20. The van der Waals surface area contributed by atoms with E-state index in [1.165, 1.54) is 66.2 Å². The first-order valence-electron chi connectivity index (χ1n) is 14.2. The Morgan fingerprint density at radius 3 is 2.05 bits per heavy atom. The minimum Gasteiger partial charge on any atom is -0.265 e. The molecule has 8 rings (SSSR count). The third-order valence-electron chi connectivity index (χ3n) is 8.74. The second-order valence-electron chi connectivity index (χ2n) is 11.5. The summed E-state index contributed by atoms with van der Waals surface area (Å²) in [7, 11) is 0. The molecule has 0 spiro atoms. The van der Waals surface area contributed by atoms with Gasteiger partial charge in [-0.05, 0) is 79.5 Å². The van der Waals surface area contributed by atoms with Crippen LogP contribution in [0.1, 0.15) is 25.0 Å². The SMILES string of the molecule is CC1(C)c2ccccc2-c2nc3ccc4ccccc4c3c(-c3ccc(-c4cccc(-c5ccncc5)c4)cc3)c21. The van der Waals surface area contributed by atoms with Crippen molar-refractivity contribution >= 4 is 21.7 Å². The number of rotatable bonds is 3. The molecule has 1 aliphatic rings. The molecule has 0 saturated heterocycles. The van der Waals surface area contributed by atoms with E-state index in [0.717, 1.165) is 11.2 Å². The zero-order chi connectivity index (χ0) is 27.6.